The molecule has 5 fully saturated rings. The van der Waals surface area contributed by atoms with Crippen LogP contribution in [0.4, 0.5) is 0 Å². The first-order chi connectivity index (χ1) is 10.7. The Bertz CT molecular complexity index is 450. The van der Waals surface area contributed by atoms with E-state index in [-0.39, 0.29) is 0 Å². The van der Waals surface area contributed by atoms with E-state index in [0.29, 0.717) is 17.5 Å². The van der Waals surface area contributed by atoms with Crippen molar-refractivity contribution in [2.75, 3.05) is 26.3 Å². The molecule has 1 saturated carbocycles. The minimum Gasteiger partial charge on any atom is -0.316 e. The predicted octanol–water partition coefficient (Wildman–Crippen LogP) is 0.992. The molecule has 4 aliphatic heterocycles. The Kier molecular flexibility index (Phi) is 3.18. The minimum atomic E-state index is 0.438. The van der Waals surface area contributed by atoms with E-state index in [1.165, 1.54) is 45.3 Å². The van der Waals surface area contributed by atoms with Crippen LogP contribution in [-0.2, 0) is 0 Å². The van der Waals surface area contributed by atoms with Crippen molar-refractivity contribution < 1.29 is 0 Å². The monoisotopic (exact) mass is 304 g/mol. The zero-order chi connectivity index (χ0) is 14.9. The molecule has 1 aliphatic carbocycles. The molecule has 7 unspecified atom stereocenters. The molecule has 0 amide bonds. The zero-order valence-corrected chi connectivity index (χ0v) is 14.1. The molecule has 0 bridgehead atoms. The van der Waals surface area contributed by atoms with Crippen LogP contribution in [0, 0.1) is 23.2 Å². The highest BCUT2D eigenvalue weighted by Gasteiger charge is 2.63. The molecule has 4 saturated heterocycles. The van der Waals surface area contributed by atoms with E-state index in [1.807, 2.05) is 0 Å². The summed E-state index contributed by atoms with van der Waals surface area (Å²) >= 11 is 0. The van der Waals surface area contributed by atoms with Crippen LogP contribution in [-0.4, -0.2) is 55.4 Å². The number of piperidine rings is 2. The van der Waals surface area contributed by atoms with E-state index in [2.05, 4.69) is 34.7 Å². The van der Waals surface area contributed by atoms with Gasteiger partial charge in [0.05, 0.1) is 0 Å². The van der Waals surface area contributed by atoms with Crippen molar-refractivity contribution in [1.29, 1.82) is 0 Å². The number of fused-ring (bicyclic) bond motifs is 5. The summed E-state index contributed by atoms with van der Waals surface area (Å²) in [5.41, 5.74) is 0.438. The third-order valence-corrected chi connectivity index (χ3v) is 8.00. The second-order valence-corrected chi connectivity index (χ2v) is 9.06. The predicted molar refractivity (Wildman–Crippen MR) is 88.6 cm³/mol. The van der Waals surface area contributed by atoms with Gasteiger partial charge in [0.25, 0.3) is 0 Å². The first-order valence-corrected chi connectivity index (χ1v) is 9.62. The Morgan fingerprint density at radius 2 is 1.86 bits per heavy atom. The maximum atomic E-state index is 3.85. The summed E-state index contributed by atoms with van der Waals surface area (Å²) in [6, 6.07) is 3.09. The molecule has 124 valence electrons. The molecule has 3 N–H and O–H groups in total. The van der Waals surface area contributed by atoms with Gasteiger partial charge in [-0.05, 0) is 55.5 Å². The summed E-state index contributed by atoms with van der Waals surface area (Å²) in [5.74, 6) is 2.76. The van der Waals surface area contributed by atoms with E-state index < -0.39 is 0 Å². The molecule has 22 heavy (non-hydrogen) atoms. The number of nitrogens with one attached hydrogen (secondary N) is 3. The van der Waals surface area contributed by atoms with Crippen molar-refractivity contribution in [2.24, 2.45) is 23.2 Å². The average molecular weight is 304 g/mol. The fourth-order valence-electron chi connectivity index (χ4n) is 7.21. The van der Waals surface area contributed by atoms with Gasteiger partial charge in [-0.1, -0.05) is 20.3 Å². The number of hydrogen-bond acceptors (Lipinski definition) is 4. The average Bonchev–Trinajstić information content (AvgIpc) is 2.88. The second kappa shape index (κ2) is 4.92. The van der Waals surface area contributed by atoms with Crippen molar-refractivity contribution in [3.05, 3.63) is 0 Å². The molecule has 5 rings (SSSR count). The maximum Gasteiger partial charge on any atom is 0.0457 e. The van der Waals surface area contributed by atoms with Gasteiger partial charge in [-0.25, -0.2) is 0 Å². The van der Waals surface area contributed by atoms with Crippen molar-refractivity contribution in [3.8, 4) is 0 Å². The number of nitrogens with zero attached hydrogens (tertiary/aromatic N) is 1. The first kappa shape index (κ1) is 14.2. The summed E-state index contributed by atoms with van der Waals surface area (Å²) < 4.78 is 0. The van der Waals surface area contributed by atoms with E-state index in [1.54, 1.807) is 0 Å². The molecule has 5 aliphatic rings. The molecule has 4 heteroatoms. The van der Waals surface area contributed by atoms with Crippen LogP contribution < -0.4 is 16.0 Å². The quantitative estimate of drug-likeness (QED) is 0.624. The maximum absolute atomic E-state index is 3.85. The topological polar surface area (TPSA) is 39.3 Å². The van der Waals surface area contributed by atoms with E-state index in [0.717, 1.165) is 36.5 Å². The van der Waals surface area contributed by atoms with Crippen LogP contribution in [0.3, 0.4) is 0 Å². The van der Waals surface area contributed by atoms with Crippen LogP contribution in [0.15, 0.2) is 0 Å². The Balaban J connectivity index is 1.59. The van der Waals surface area contributed by atoms with Crippen molar-refractivity contribution in [2.45, 2.75) is 63.7 Å². The standard InChI is InChI=1S/C18H32N4/c1-18(2)13-5-3-4-11-12-8-19-7-6-14(12)22(16(11)13)15-9-20-10-21-17(15)18/h11-17,19-21H,3-10H2,1-2H3. The molecule has 0 aromatic heterocycles. The molecule has 4 nitrogen and oxygen atoms in total. The fraction of sp³-hybridized carbons (Fsp3) is 1.00. The summed E-state index contributed by atoms with van der Waals surface area (Å²) in [7, 11) is 0. The summed E-state index contributed by atoms with van der Waals surface area (Å²) in [4.78, 5) is 3.04. The van der Waals surface area contributed by atoms with Crippen LogP contribution in [0.1, 0.15) is 39.5 Å². The highest BCUT2D eigenvalue weighted by Crippen LogP contribution is 2.57. The largest absolute Gasteiger partial charge is 0.316 e. The molecule has 0 spiro atoms. The lowest BCUT2D eigenvalue weighted by atomic mass is 9.57. The van der Waals surface area contributed by atoms with E-state index in [9.17, 15) is 0 Å². The third-order valence-electron chi connectivity index (χ3n) is 8.00. The fourth-order valence-corrected chi connectivity index (χ4v) is 7.21. The Morgan fingerprint density at radius 1 is 0.955 bits per heavy atom. The van der Waals surface area contributed by atoms with Crippen LogP contribution in [0.5, 0.6) is 0 Å². The van der Waals surface area contributed by atoms with Gasteiger partial charge in [0, 0.05) is 37.4 Å². The first-order valence-electron chi connectivity index (χ1n) is 9.62. The van der Waals surface area contributed by atoms with Gasteiger partial charge in [-0.2, -0.15) is 0 Å². The molecule has 7 atom stereocenters. The van der Waals surface area contributed by atoms with Gasteiger partial charge in [-0.15, -0.1) is 0 Å². The van der Waals surface area contributed by atoms with Crippen molar-refractivity contribution in [1.82, 2.24) is 20.9 Å². The SMILES string of the molecule is CC1(C)C2CCCC3C4CNCCC4N(C4CNCNC41)C32. The number of rotatable bonds is 0. The molecular formula is C18H32N4. The second-order valence-electron chi connectivity index (χ2n) is 9.06. The highest BCUT2D eigenvalue weighted by atomic mass is 15.3. The van der Waals surface area contributed by atoms with Gasteiger partial charge in [0.15, 0.2) is 0 Å². The summed E-state index contributed by atoms with van der Waals surface area (Å²) in [6.45, 7) is 9.81. The molecular weight excluding hydrogens is 272 g/mol. The normalized spacial score (nSPS) is 53.5. The Morgan fingerprint density at radius 3 is 2.77 bits per heavy atom. The van der Waals surface area contributed by atoms with Gasteiger partial charge < -0.3 is 10.6 Å². The van der Waals surface area contributed by atoms with E-state index in [4.69, 9.17) is 0 Å². The van der Waals surface area contributed by atoms with Crippen molar-refractivity contribution in [3.63, 3.8) is 0 Å². The van der Waals surface area contributed by atoms with Crippen LogP contribution >= 0.6 is 0 Å². The minimum absolute atomic E-state index is 0.438. The molecule has 0 aromatic rings. The summed E-state index contributed by atoms with van der Waals surface area (Å²) in [6.07, 6.45) is 5.76. The van der Waals surface area contributed by atoms with Crippen molar-refractivity contribution >= 4 is 0 Å². The summed E-state index contributed by atoms with van der Waals surface area (Å²) in [5, 5.41) is 11.2. The van der Waals surface area contributed by atoms with Gasteiger partial charge in [0.1, 0.15) is 0 Å². The Hall–Kier alpha value is -0.160. The van der Waals surface area contributed by atoms with Gasteiger partial charge in [-0.3, -0.25) is 10.2 Å². The molecule has 0 radical (unpaired) electrons. The third kappa shape index (κ3) is 1.73. The number of hydrogen-bond donors (Lipinski definition) is 3. The smallest absolute Gasteiger partial charge is 0.0457 e. The van der Waals surface area contributed by atoms with Crippen LogP contribution in [0.2, 0.25) is 0 Å². The molecule has 0 aromatic carbocycles. The molecule has 4 heterocycles. The van der Waals surface area contributed by atoms with E-state index >= 15 is 0 Å². The lowest BCUT2D eigenvalue weighted by Crippen LogP contribution is -2.74. The Labute approximate surface area is 134 Å². The lowest BCUT2D eigenvalue weighted by Gasteiger charge is -2.61. The van der Waals surface area contributed by atoms with Gasteiger partial charge in [0.2, 0.25) is 0 Å². The van der Waals surface area contributed by atoms with Gasteiger partial charge >= 0.3 is 0 Å². The zero-order valence-electron chi connectivity index (χ0n) is 14.1. The lowest BCUT2D eigenvalue weighted by molar-refractivity contribution is -0.0967. The highest BCUT2D eigenvalue weighted by molar-refractivity contribution is 5.18. The van der Waals surface area contributed by atoms with Crippen LogP contribution in [0.25, 0.3) is 0 Å².